The maximum absolute atomic E-state index is 11.5. The molecule has 0 aromatic carbocycles. The van der Waals surface area contributed by atoms with Gasteiger partial charge in [-0.3, -0.25) is 4.68 Å². The normalized spacial score (nSPS) is 13.7. The molecule has 1 atom stereocenters. The fourth-order valence-corrected chi connectivity index (χ4v) is 1.22. The van der Waals surface area contributed by atoms with E-state index in [0.29, 0.717) is 19.5 Å². The summed E-state index contributed by atoms with van der Waals surface area (Å²) in [6, 6.07) is -0.512. The van der Waals surface area contributed by atoms with Gasteiger partial charge < -0.3 is 15.7 Å². The van der Waals surface area contributed by atoms with E-state index in [1.54, 1.807) is 24.0 Å². The van der Waals surface area contributed by atoms with Crippen molar-refractivity contribution in [3.63, 3.8) is 0 Å². The molecule has 1 aromatic rings. The summed E-state index contributed by atoms with van der Waals surface area (Å²) in [7, 11) is 0. The standard InChI is InChI=1S/C10H17N5O3/c1-3-10(2,8(16)17)13-9(18)11-4-6-15-7-5-12-14-15/h5,7H,3-4,6H2,1-2H3,(H,16,17)(H2,11,13,18). The maximum Gasteiger partial charge on any atom is 0.329 e. The van der Waals surface area contributed by atoms with E-state index >= 15 is 0 Å². The van der Waals surface area contributed by atoms with Gasteiger partial charge in [0.15, 0.2) is 0 Å². The van der Waals surface area contributed by atoms with Crippen LogP contribution in [0.25, 0.3) is 0 Å². The van der Waals surface area contributed by atoms with E-state index in [4.69, 9.17) is 5.11 Å². The number of carboxylic acids is 1. The summed E-state index contributed by atoms with van der Waals surface area (Å²) in [6.07, 6.45) is 3.52. The molecule has 0 aliphatic carbocycles. The van der Waals surface area contributed by atoms with E-state index in [9.17, 15) is 9.59 Å². The Labute approximate surface area is 104 Å². The van der Waals surface area contributed by atoms with Gasteiger partial charge in [-0.05, 0) is 13.3 Å². The lowest BCUT2D eigenvalue weighted by atomic mass is 10.00. The maximum atomic E-state index is 11.5. The molecule has 100 valence electrons. The minimum absolute atomic E-state index is 0.304. The second-order valence-electron chi connectivity index (χ2n) is 4.04. The topological polar surface area (TPSA) is 109 Å². The largest absolute Gasteiger partial charge is 0.480 e. The molecule has 1 heterocycles. The summed E-state index contributed by atoms with van der Waals surface area (Å²) >= 11 is 0. The first-order chi connectivity index (χ1) is 8.48. The van der Waals surface area contributed by atoms with Crippen molar-refractivity contribution in [2.75, 3.05) is 6.54 Å². The van der Waals surface area contributed by atoms with Crippen LogP contribution in [-0.4, -0.2) is 44.2 Å². The van der Waals surface area contributed by atoms with Gasteiger partial charge >= 0.3 is 12.0 Å². The van der Waals surface area contributed by atoms with Crippen molar-refractivity contribution in [1.29, 1.82) is 0 Å². The summed E-state index contributed by atoms with van der Waals surface area (Å²) < 4.78 is 1.57. The Balaban J connectivity index is 2.35. The highest BCUT2D eigenvalue weighted by atomic mass is 16.4. The van der Waals surface area contributed by atoms with Crippen LogP contribution in [-0.2, 0) is 11.3 Å². The Hall–Kier alpha value is -2.12. The van der Waals surface area contributed by atoms with Crippen LogP contribution in [0.4, 0.5) is 4.79 Å². The molecule has 0 saturated carbocycles. The second kappa shape index (κ2) is 5.99. The zero-order valence-corrected chi connectivity index (χ0v) is 10.4. The van der Waals surface area contributed by atoms with E-state index in [-0.39, 0.29) is 0 Å². The summed E-state index contributed by atoms with van der Waals surface area (Å²) in [5.41, 5.74) is -1.25. The Bertz CT molecular complexity index is 406. The number of nitrogens with one attached hydrogen (secondary N) is 2. The Kier molecular flexibility index (Phi) is 4.64. The first-order valence-corrected chi connectivity index (χ1v) is 5.61. The lowest BCUT2D eigenvalue weighted by Crippen LogP contribution is -2.55. The molecule has 0 bridgehead atoms. The monoisotopic (exact) mass is 255 g/mol. The summed E-state index contributed by atoms with van der Waals surface area (Å²) in [6.45, 7) is 3.98. The van der Waals surface area contributed by atoms with Crippen LogP contribution in [0, 0.1) is 0 Å². The number of rotatable bonds is 6. The fraction of sp³-hybridized carbons (Fsp3) is 0.600. The third-order valence-electron chi connectivity index (χ3n) is 2.67. The van der Waals surface area contributed by atoms with Crippen LogP contribution in [0.15, 0.2) is 12.4 Å². The average molecular weight is 255 g/mol. The summed E-state index contributed by atoms with van der Waals surface area (Å²) in [5.74, 6) is -1.06. The van der Waals surface area contributed by atoms with Gasteiger partial charge in [-0.25, -0.2) is 9.59 Å². The highest BCUT2D eigenvalue weighted by Crippen LogP contribution is 2.08. The minimum atomic E-state index is -1.25. The smallest absolute Gasteiger partial charge is 0.329 e. The van der Waals surface area contributed by atoms with E-state index in [1.807, 2.05) is 0 Å². The SMILES string of the molecule is CCC(C)(NC(=O)NCCn1ccnn1)C(=O)O. The molecular weight excluding hydrogens is 238 g/mol. The average Bonchev–Trinajstić information content (AvgIpc) is 2.81. The Morgan fingerprint density at radius 1 is 1.50 bits per heavy atom. The van der Waals surface area contributed by atoms with E-state index in [0.717, 1.165) is 0 Å². The van der Waals surface area contributed by atoms with Crippen molar-refractivity contribution in [3.8, 4) is 0 Å². The molecule has 0 aliphatic rings. The number of carboxylic acid groups (broad SMARTS) is 1. The van der Waals surface area contributed by atoms with Crippen LogP contribution in [0.2, 0.25) is 0 Å². The molecule has 8 nitrogen and oxygen atoms in total. The number of aliphatic carboxylic acids is 1. The molecule has 18 heavy (non-hydrogen) atoms. The number of amides is 2. The van der Waals surface area contributed by atoms with Crippen LogP contribution < -0.4 is 10.6 Å². The minimum Gasteiger partial charge on any atom is -0.480 e. The molecule has 0 radical (unpaired) electrons. The van der Waals surface area contributed by atoms with Crippen LogP contribution in [0.5, 0.6) is 0 Å². The predicted octanol–water partition coefficient (Wildman–Crippen LogP) is -0.169. The van der Waals surface area contributed by atoms with Crippen molar-refractivity contribution in [3.05, 3.63) is 12.4 Å². The molecule has 0 aliphatic heterocycles. The van der Waals surface area contributed by atoms with Gasteiger partial charge in [0.25, 0.3) is 0 Å². The first-order valence-electron chi connectivity index (χ1n) is 5.61. The fourth-order valence-electron chi connectivity index (χ4n) is 1.22. The third-order valence-corrected chi connectivity index (χ3v) is 2.67. The predicted molar refractivity (Wildman–Crippen MR) is 62.9 cm³/mol. The molecular formula is C10H17N5O3. The molecule has 0 fully saturated rings. The van der Waals surface area contributed by atoms with Gasteiger partial charge in [0.05, 0.1) is 12.7 Å². The van der Waals surface area contributed by atoms with E-state index in [1.165, 1.54) is 6.92 Å². The number of hydrogen-bond donors (Lipinski definition) is 3. The molecule has 1 unspecified atom stereocenters. The van der Waals surface area contributed by atoms with Gasteiger partial charge in [-0.2, -0.15) is 0 Å². The van der Waals surface area contributed by atoms with Gasteiger partial charge in [0, 0.05) is 12.7 Å². The zero-order valence-electron chi connectivity index (χ0n) is 10.4. The van der Waals surface area contributed by atoms with Gasteiger partial charge in [-0.15, -0.1) is 5.10 Å². The van der Waals surface area contributed by atoms with Crippen molar-refractivity contribution >= 4 is 12.0 Å². The molecule has 3 N–H and O–H groups in total. The zero-order chi connectivity index (χ0) is 13.6. The van der Waals surface area contributed by atoms with Crippen LogP contribution in [0.1, 0.15) is 20.3 Å². The second-order valence-corrected chi connectivity index (χ2v) is 4.04. The van der Waals surface area contributed by atoms with Crippen molar-refractivity contribution in [1.82, 2.24) is 25.6 Å². The Morgan fingerprint density at radius 2 is 2.22 bits per heavy atom. The van der Waals surface area contributed by atoms with Crippen LogP contribution >= 0.6 is 0 Å². The Morgan fingerprint density at radius 3 is 2.72 bits per heavy atom. The lowest BCUT2D eigenvalue weighted by molar-refractivity contribution is -0.143. The van der Waals surface area contributed by atoms with Gasteiger partial charge in [-0.1, -0.05) is 12.1 Å². The molecule has 2 amide bonds. The first kappa shape index (κ1) is 13.9. The third kappa shape index (κ3) is 3.72. The molecule has 0 spiro atoms. The molecule has 0 saturated heterocycles. The van der Waals surface area contributed by atoms with Gasteiger partial charge in [0.1, 0.15) is 5.54 Å². The number of aromatic nitrogens is 3. The van der Waals surface area contributed by atoms with Gasteiger partial charge in [0.2, 0.25) is 0 Å². The van der Waals surface area contributed by atoms with Crippen molar-refractivity contribution < 1.29 is 14.7 Å². The van der Waals surface area contributed by atoms with Crippen molar-refractivity contribution in [2.24, 2.45) is 0 Å². The lowest BCUT2D eigenvalue weighted by Gasteiger charge is -2.24. The number of hydrogen-bond acceptors (Lipinski definition) is 4. The van der Waals surface area contributed by atoms with E-state index in [2.05, 4.69) is 20.9 Å². The number of carbonyl (C=O) groups excluding carboxylic acids is 1. The van der Waals surface area contributed by atoms with Crippen molar-refractivity contribution in [2.45, 2.75) is 32.4 Å². The number of urea groups is 1. The molecule has 1 rings (SSSR count). The summed E-state index contributed by atoms with van der Waals surface area (Å²) in [5, 5.41) is 21.3. The number of carbonyl (C=O) groups is 2. The highest BCUT2D eigenvalue weighted by Gasteiger charge is 2.32. The quantitative estimate of drug-likeness (QED) is 0.654. The summed E-state index contributed by atoms with van der Waals surface area (Å²) in [4.78, 5) is 22.5. The number of nitrogens with zero attached hydrogens (tertiary/aromatic N) is 3. The van der Waals surface area contributed by atoms with Crippen LogP contribution in [0.3, 0.4) is 0 Å². The van der Waals surface area contributed by atoms with E-state index < -0.39 is 17.5 Å². The molecule has 1 aromatic heterocycles. The molecule has 8 heteroatoms. The highest BCUT2D eigenvalue weighted by molar-refractivity contribution is 5.85.